The zero-order valence-corrected chi connectivity index (χ0v) is 6.09. The number of rotatable bonds is 1. The van der Waals surface area contributed by atoms with Gasteiger partial charge in [0.05, 0.1) is 0 Å². The van der Waals surface area contributed by atoms with E-state index in [0.29, 0.717) is 0 Å². The molecule has 0 aliphatic rings. The molecule has 0 heterocycles. The molecule has 0 aromatic heterocycles. The Kier molecular flexibility index (Phi) is 3.93. The van der Waals surface area contributed by atoms with Crippen molar-refractivity contribution in [1.29, 1.82) is 0 Å². The minimum absolute atomic E-state index is 1.57. The van der Waals surface area contributed by atoms with E-state index in [2.05, 4.69) is 6.58 Å². The third kappa shape index (κ3) is 5.05. The summed E-state index contributed by atoms with van der Waals surface area (Å²) in [6.07, 6.45) is 0. The summed E-state index contributed by atoms with van der Waals surface area (Å²) in [4.78, 5) is 0. The van der Waals surface area contributed by atoms with E-state index in [1.807, 2.05) is 0 Å². The molecule has 0 fully saturated rings. The molecule has 0 unspecified atom stereocenters. The molecular formula is C2H3Cl2I. The van der Waals surface area contributed by atoms with Gasteiger partial charge in [-0.1, -0.05) is 0 Å². The van der Waals surface area contributed by atoms with Crippen molar-refractivity contribution in [2.24, 2.45) is 0 Å². The van der Waals surface area contributed by atoms with Gasteiger partial charge >= 0.3 is 46.0 Å². The van der Waals surface area contributed by atoms with Gasteiger partial charge in [-0.2, -0.15) is 0 Å². The van der Waals surface area contributed by atoms with Crippen molar-refractivity contribution >= 4 is 35.4 Å². The van der Waals surface area contributed by atoms with Crippen LogP contribution in [0.1, 0.15) is 0 Å². The zero-order valence-electron chi connectivity index (χ0n) is 2.42. The normalized spacial score (nSPS) is 10.4. The van der Waals surface area contributed by atoms with Gasteiger partial charge in [0.25, 0.3) is 0 Å². The van der Waals surface area contributed by atoms with Crippen molar-refractivity contribution in [3.8, 4) is 0 Å². The Morgan fingerprint density at radius 2 is 1.80 bits per heavy atom. The third-order valence-electron chi connectivity index (χ3n) is 0.117. The summed E-state index contributed by atoms with van der Waals surface area (Å²) < 4.78 is 1.60. The molecule has 0 atom stereocenters. The molecule has 0 aliphatic heterocycles. The van der Waals surface area contributed by atoms with Crippen LogP contribution in [0.4, 0.5) is 0 Å². The van der Waals surface area contributed by atoms with Crippen LogP contribution in [0.25, 0.3) is 0 Å². The first-order valence-corrected chi connectivity index (χ1v) is 7.62. The molecule has 0 aromatic rings. The van der Waals surface area contributed by atoms with Crippen LogP contribution in [0.3, 0.4) is 0 Å². The van der Waals surface area contributed by atoms with E-state index in [4.69, 9.17) is 17.8 Å². The summed E-state index contributed by atoms with van der Waals surface area (Å²) in [5, 5.41) is 0. The molecule has 0 rings (SSSR count). The van der Waals surface area contributed by atoms with Crippen molar-refractivity contribution in [2.75, 3.05) is 0 Å². The first-order chi connectivity index (χ1) is 2.27. The van der Waals surface area contributed by atoms with Crippen LogP contribution < -0.4 is 0 Å². The molecule has 0 spiro atoms. The second-order valence-corrected chi connectivity index (χ2v) is 7.61. The van der Waals surface area contributed by atoms with Crippen molar-refractivity contribution < 1.29 is 0 Å². The number of hydrogen-bond acceptors (Lipinski definition) is 0. The van der Waals surface area contributed by atoms with E-state index in [9.17, 15) is 0 Å². The van der Waals surface area contributed by atoms with Gasteiger partial charge in [0.1, 0.15) is 0 Å². The SMILES string of the molecule is C=CI(Cl)Cl. The maximum atomic E-state index is 5.27. The topological polar surface area (TPSA) is 0 Å². The van der Waals surface area contributed by atoms with Crippen LogP contribution in [-0.4, -0.2) is 0 Å². The number of halogens is 3. The standard InChI is InChI=1S/C2H3Cl2I/c1-2-5(3)4/h2H,1H2. The molecule has 0 radical (unpaired) electrons. The van der Waals surface area contributed by atoms with Crippen LogP contribution in [0.2, 0.25) is 0 Å². The minimum atomic E-state index is -1.57. The van der Waals surface area contributed by atoms with Crippen molar-refractivity contribution in [1.82, 2.24) is 0 Å². The predicted octanol–water partition coefficient (Wildman–Crippen LogP) is 2.94. The Bertz CT molecular complexity index is 34.6. The first-order valence-electron chi connectivity index (χ1n) is 0.912. The predicted molar refractivity (Wildman–Crippen MR) is 35.9 cm³/mol. The van der Waals surface area contributed by atoms with E-state index in [1.54, 1.807) is 4.08 Å². The molecule has 0 N–H and O–H groups in total. The Hall–Kier alpha value is 1.05. The summed E-state index contributed by atoms with van der Waals surface area (Å²) in [7, 11) is 10.5. The van der Waals surface area contributed by atoms with Gasteiger partial charge in [-0.3, -0.25) is 0 Å². The van der Waals surface area contributed by atoms with Crippen LogP contribution >= 0.6 is 35.4 Å². The molecule has 0 aliphatic carbocycles. The van der Waals surface area contributed by atoms with E-state index in [1.165, 1.54) is 0 Å². The van der Waals surface area contributed by atoms with Crippen molar-refractivity contribution in [2.45, 2.75) is 0 Å². The Balaban J connectivity index is 2.83. The molecule has 0 bridgehead atoms. The summed E-state index contributed by atoms with van der Waals surface area (Å²) in [6.45, 7) is 3.37. The van der Waals surface area contributed by atoms with Gasteiger partial charge in [0.2, 0.25) is 0 Å². The second-order valence-electron chi connectivity index (χ2n) is 0.373. The first kappa shape index (κ1) is 6.05. The van der Waals surface area contributed by atoms with Gasteiger partial charge in [0.15, 0.2) is 0 Å². The average molecular weight is 225 g/mol. The zero-order chi connectivity index (χ0) is 4.28. The van der Waals surface area contributed by atoms with Crippen molar-refractivity contribution in [3.05, 3.63) is 10.7 Å². The van der Waals surface area contributed by atoms with Crippen molar-refractivity contribution in [3.63, 3.8) is 0 Å². The van der Waals surface area contributed by atoms with Gasteiger partial charge in [0, 0.05) is 0 Å². The van der Waals surface area contributed by atoms with Gasteiger partial charge in [-0.05, 0) is 0 Å². The Labute approximate surface area is 46.0 Å². The molecule has 0 nitrogen and oxygen atoms in total. The van der Waals surface area contributed by atoms with Gasteiger partial charge in [-0.15, -0.1) is 0 Å². The van der Waals surface area contributed by atoms with Crippen LogP contribution in [0, 0.1) is 0 Å². The molecule has 32 valence electrons. The van der Waals surface area contributed by atoms with Gasteiger partial charge < -0.3 is 0 Å². The van der Waals surface area contributed by atoms with E-state index in [-0.39, 0.29) is 0 Å². The second kappa shape index (κ2) is 3.25. The summed E-state index contributed by atoms with van der Waals surface area (Å²) in [5.41, 5.74) is 0. The number of hydrogen-bond donors (Lipinski definition) is 0. The third-order valence-corrected chi connectivity index (χ3v) is 2.35. The van der Waals surface area contributed by atoms with E-state index in [0.717, 1.165) is 0 Å². The fraction of sp³-hybridized carbons (Fsp3) is 0. The van der Waals surface area contributed by atoms with E-state index < -0.39 is 17.6 Å². The molecule has 0 saturated carbocycles. The quantitative estimate of drug-likeness (QED) is 0.601. The fourth-order valence-electron chi connectivity index (χ4n) is 0. The Morgan fingerprint density at radius 3 is 1.80 bits per heavy atom. The fourth-order valence-corrected chi connectivity index (χ4v) is 0. The molecular weight excluding hydrogens is 222 g/mol. The van der Waals surface area contributed by atoms with E-state index >= 15 is 0 Å². The molecule has 0 aromatic carbocycles. The average Bonchev–Trinajstić information content (AvgIpc) is 1.38. The van der Waals surface area contributed by atoms with Crippen LogP contribution in [0.15, 0.2) is 10.7 Å². The van der Waals surface area contributed by atoms with Crippen LogP contribution in [-0.2, 0) is 0 Å². The summed E-state index contributed by atoms with van der Waals surface area (Å²) in [6, 6.07) is 0. The molecule has 0 amide bonds. The van der Waals surface area contributed by atoms with Gasteiger partial charge in [-0.25, -0.2) is 0 Å². The molecule has 3 heteroatoms. The summed E-state index contributed by atoms with van der Waals surface area (Å²) in [5.74, 6) is 0. The maximum absolute atomic E-state index is 5.27. The monoisotopic (exact) mass is 224 g/mol. The van der Waals surface area contributed by atoms with Crippen LogP contribution in [0.5, 0.6) is 0 Å². The Morgan fingerprint density at radius 1 is 1.60 bits per heavy atom. The molecule has 5 heavy (non-hydrogen) atoms. The molecule has 0 saturated heterocycles. The summed E-state index contributed by atoms with van der Waals surface area (Å²) >= 11 is -1.57.